The van der Waals surface area contributed by atoms with Crippen LogP contribution in [0.15, 0.2) is 16.9 Å². The van der Waals surface area contributed by atoms with Crippen molar-refractivity contribution in [2.75, 3.05) is 13.7 Å². The van der Waals surface area contributed by atoms with Crippen LogP contribution in [0, 0.1) is 0 Å². The van der Waals surface area contributed by atoms with Gasteiger partial charge in [0.1, 0.15) is 6.54 Å². The van der Waals surface area contributed by atoms with E-state index in [1.54, 1.807) is 6.92 Å². The maximum absolute atomic E-state index is 11.3. The summed E-state index contributed by atoms with van der Waals surface area (Å²) in [6.45, 7) is 1.76. The first kappa shape index (κ1) is 11.2. The van der Waals surface area contributed by atoms with E-state index < -0.39 is 5.97 Å². The first-order valence-electron chi connectivity index (χ1n) is 4.45. The van der Waals surface area contributed by atoms with Crippen LogP contribution in [-0.2, 0) is 16.1 Å². The summed E-state index contributed by atoms with van der Waals surface area (Å²) in [7, 11) is 1.43. The Morgan fingerprint density at radius 1 is 1.53 bits per heavy atom. The molecule has 0 aromatic carbocycles. The van der Waals surface area contributed by atoms with Crippen molar-refractivity contribution in [2.45, 2.75) is 13.5 Å². The summed E-state index contributed by atoms with van der Waals surface area (Å²) in [4.78, 5) is 22.4. The lowest BCUT2D eigenvalue weighted by molar-refractivity contribution is -0.144. The molecule has 0 atom stereocenters. The molecule has 0 bridgehead atoms. The van der Waals surface area contributed by atoms with Crippen LogP contribution in [0.4, 0.5) is 0 Å². The van der Waals surface area contributed by atoms with Gasteiger partial charge in [0.15, 0.2) is 0 Å². The summed E-state index contributed by atoms with van der Waals surface area (Å²) in [5, 5.41) is 3.79. The molecule has 0 fully saturated rings. The molecule has 0 saturated carbocycles. The summed E-state index contributed by atoms with van der Waals surface area (Å²) in [5.74, 6) is -0.223. The number of ether oxygens (including phenoxy) is 2. The van der Waals surface area contributed by atoms with Crippen LogP contribution in [0.5, 0.6) is 5.88 Å². The molecule has 6 heteroatoms. The molecule has 82 valence electrons. The van der Waals surface area contributed by atoms with Gasteiger partial charge in [-0.1, -0.05) is 0 Å². The number of hydrogen-bond acceptors (Lipinski definition) is 5. The quantitative estimate of drug-likeness (QED) is 0.647. The lowest BCUT2D eigenvalue weighted by Crippen LogP contribution is -2.27. The van der Waals surface area contributed by atoms with Gasteiger partial charge in [0.05, 0.1) is 13.7 Å². The van der Waals surface area contributed by atoms with Crippen molar-refractivity contribution < 1.29 is 14.3 Å². The average Bonchev–Trinajstić information content (AvgIpc) is 2.21. The van der Waals surface area contributed by atoms with Gasteiger partial charge in [-0.2, -0.15) is 0 Å². The van der Waals surface area contributed by atoms with E-state index in [1.807, 2.05) is 0 Å². The first-order chi connectivity index (χ1) is 7.17. The molecule has 0 amide bonds. The normalized spacial score (nSPS) is 9.73. The van der Waals surface area contributed by atoms with Crippen molar-refractivity contribution in [3.8, 4) is 5.88 Å². The molecule has 0 aliphatic rings. The van der Waals surface area contributed by atoms with Crippen molar-refractivity contribution in [3.63, 3.8) is 0 Å². The molecular formula is C9H12N2O4. The third kappa shape index (κ3) is 3.08. The average molecular weight is 212 g/mol. The van der Waals surface area contributed by atoms with Gasteiger partial charge in [-0.3, -0.25) is 9.59 Å². The molecule has 0 unspecified atom stereocenters. The van der Waals surface area contributed by atoms with Crippen molar-refractivity contribution in [3.05, 3.63) is 22.5 Å². The Labute approximate surface area is 86.4 Å². The number of methoxy groups -OCH3 is 1. The van der Waals surface area contributed by atoms with Gasteiger partial charge in [0.2, 0.25) is 5.88 Å². The fourth-order valence-electron chi connectivity index (χ4n) is 0.981. The highest BCUT2D eigenvalue weighted by atomic mass is 16.5. The van der Waals surface area contributed by atoms with E-state index in [1.165, 1.54) is 19.2 Å². The fourth-order valence-corrected chi connectivity index (χ4v) is 0.981. The van der Waals surface area contributed by atoms with Crippen LogP contribution in [0.3, 0.4) is 0 Å². The van der Waals surface area contributed by atoms with E-state index in [4.69, 9.17) is 9.47 Å². The monoisotopic (exact) mass is 212 g/mol. The van der Waals surface area contributed by atoms with Gasteiger partial charge >= 0.3 is 5.97 Å². The standard InChI is InChI=1S/C9H12N2O4/c1-3-15-9(13)6-11-8(12)5-4-7(10-11)14-2/h4-5H,3,6H2,1-2H3. The summed E-state index contributed by atoms with van der Waals surface area (Å²) in [6, 6.07) is 2.72. The van der Waals surface area contributed by atoms with E-state index in [2.05, 4.69) is 5.10 Å². The van der Waals surface area contributed by atoms with E-state index in [-0.39, 0.29) is 24.6 Å². The molecule has 0 spiro atoms. The second-order valence-corrected chi connectivity index (χ2v) is 2.68. The highest BCUT2D eigenvalue weighted by Gasteiger charge is 2.06. The minimum absolute atomic E-state index is 0.204. The van der Waals surface area contributed by atoms with E-state index in [9.17, 15) is 9.59 Å². The molecular weight excluding hydrogens is 200 g/mol. The molecule has 0 N–H and O–H groups in total. The summed E-state index contributed by atoms with van der Waals surface area (Å²) < 4.78 is 10.5. The second kappa shape index (κ2) is 5.14. The van der Waals surface area contributed by atoms with Crippen LogP contribution < -0.4 is 10.3 Å². The number of carbonyl (C=O) groups is 1. The second-order valence-electron chi connectivity index (χ2n) is 2.68. The third-order valence-corrected chi connectivity index (χ3v) is 1.64. The number of hydrogen-bond donors (Lipinski definition) is 0. The van der Waals surface area contributed by atoms with Gasteiger partial charge in [0, 0.05) is 12.1 Å². The zero-order valence-electron chi connectivity index (χ0n) is 8.60. The smallest absolute Gasteiger partial charge is 0.327 e. The van der Waals surface area contributed by atoms with Crippen LogP contribution in [0.2, 0.25) is 0 Å². The van der Waals surface area contributed by atoms with Crippen LogP contribution in [-0.4, -0.2) is 29.5 Å². The summed E-state index contributed by atoms with van der Waals surface area (Å²) in [5.41, 5.74) is -0.371. The van der Waals surface area contributed by atoms with Crippen LogP contribution >= 0.6 is 0 Å². The van der Waals surface area contributed by atoms with E-state index in [0.29, 0.717) is 0 Å². The van der Waals surface area contributed by atoms with Gasteiger partial charge in [0.25, 0.3) is 5.56 Å². The first-order valence-corrected chi connectivity index (χ1v) is 4.45. The zero-order chi connectivity index (χ0) is 11.3. The topological polar surface area (TPSA) is 70.4 Å². The Morgan fingerprint density at radius 3 is 2.87 bits per heavy atom. The van der Waals surface area contributed by atoms with E-state index >= 15 is 0 Å². The van der Waals surface area contributed by atoms with Gasteiger partial charge in [-0.25, -0.2) is 4.68 Å². The zero-order valence-corrected chi connectivity index (χ0v) is 8.60. The number of carbonyl (C=O) groups excluding carboxylic acids is 1. The molecule has 1 aromatic heterocycles. The Balaban J connectivity index is 2.84. The van der Waals surface area contributed by atoms with Crippen molar-refractivity contribution >= 4 is 5.97 Å². The largest absolute Gasteiger partial charge is 0.480 e. The number of rotatable bonds is 4. The SMILES string of the molecule is CCOC(=O)Cn1nc(OC)ccc1=O. The Hall–Kier alpha value is -1.85. The van der Waals surface area contributed by atoms with E-state index in [0.717, 1.165) is 4.68 Å². The number of esters is 1. The Bertz CT molecular complexity index is 399. The molecule has 1 rings (SSSR count). The Morgan fingerprint density at radius 2 is 2.27 bits per heavy atom. The molecule has 1 heterocycles. The van der Waals surface area contributed by atoms with Crippen molar-refractivity contribution in [1.29, 1.82) is 0 Å². The molecule has 0 radical (unpaired) electrons. The minimum Gasteiger partial charge on any atom is -0.480 e. The predicted octanol–water partition coefficient (Wildman–Crippen LogP) is -0.185. The summed E-state index contributed by atoms with van der Waals surface area (Å²) >= 11 is 0. The lowest BCUT2D eigenvalue weighted by Gasteiger charge is -2.05. The molecule has 15 heavy (non-hydrogen) atoms. The van der Waals surface area contributed by atoms with Gasteiger partial charge < -0.3 is 9.47 Å². The number of aromatic nitrogens is 2. The maximum Gasteiger partial charge on any atom is 0.327 e. The maximum atomic E-state index is 11.3. The third-order valence-electron chi connectivity index (χ3n) is 1.64. The van der Waals surface area contributed by atoms with Crippen molar-refractivity contribution in [2.24, 2.45) is 0 Å². The highest BCUT2D eigenvalue weighted by molar-refractivity contribution is 5.68. The summed E-state index contributed by atoms with van der Waals surface area (Å²) in [6.07, 6.45) is 0. The van der Waals surface area contributed by atoms with Crippen LogP contribution in [0.25, 0.3) is 0 Å². The minimum atomic E-state index is -0.500. The van der Waals surface area contributed by atoms with Crippen molar-refractivity contribution in [1.82, 2.24) is 9.78 Å². The van der Waals surface area contributed by atoms with Crippen LogP contribution in [0.1, 0.15) is 6.92 Å². The molecule has 0 aliphatic carbocycles. The fraction of sp³-hybridized carbons (Fsp3) is 0.444. The molecule has 6 nitrogen and oxygen atoms in total. The lowest BCUT2D eigenvalue weighted by atomic mass is 10.5. The van der Waals surface area contributed by atoms with Gasteiger partial charge in [-0.15, -0.1) is 5.10 Å². The Kier molecular flexibility index (Phi) is 3.84. The highest BCUT2D eigenvalue weighted by Crippen LogP contribution is 1.99. The predicted molar refractivity (Wildman–Crippen MR) is 51.7 cm³/mol. The molecule has 0 aliphatic heterocycles. The number of nitrogens with zero attached hydrogens (tertiary/aromatic N) is 2. The van der Waals surface area contributed by atoms with Gasteiger partial charge in [-0.05, 0) is 6.92 Å². The molecule has 1 aromatic rings. The molecule has 0 saturated heterocycles.